The number of nitriles is 1. The Morgan fingerprint density at radius 3 is 2.57 bits per heavy atom. The van der Waals surface area contributed by atoms with Gasteiger partial charge in [-0.3, -0.25) is 9.59 Å². The fraction of sp³-hybridized carbons (Fsp3) is 0.438. The molecule has 0 radical (unpaired) electrons. The highest BCUT2D eigenvalue weighted by Gasteiger charge is 2.25. The first-order valence-corrected chi connectivity index (χ1v) is 6.74. The number of amides is 1. The smallest absolute Gasteiger partial charge is 0.308 e. The molecule has 21 heavy (non-hydrogen) atoms. The molecule has 1 rings (SSSR count). The topological polar surface area (TPSA) is 90.2 Å². The molecule has 0 aliphatic carbocycles. The molecule has 0 aromatic heterocycles. The quantitative estimate of drug-likeness (QED) is 0.870. The van der Waals surface area contributed by atoms with E-state index in [2.05, 4.69) is 5.32 Å². The summed E-state index contributed by atoms with van der Waals surface area (Å²) in [6, 6.07) is 8.27. The van der Waals surface area contributed by atoms with Crippen LogP contribution in [-0.4, -0.2) is 23.5 Å². The Kier molecular flexibility index (Phi) is 5.48. The molecule has 5 heteroatoms. The maximum absolute atomic E-state index is 12.0. The summed E-state index contributed by atoms with van der Waals surface area (Å²) in [6.45, 7) is 5.95. The first kappa shape index (κ1) is 16.7. The minimum atomic E-state index is -0.920. The largest absolute Gasteiger partial charge is 0.481 e. The van der Waals surface area contributed by atoms with E-state index in [0.717, 1.165) is 0 Å². The molecule has 5 nitrogen and oxygen atoms in total. The number of carbonyl (C=O) groups excluding carboxylic acids is 1. The number of hydrogen-bond acceptors (Lipinski definition) is 3. The molecule has 1 unspecified atom stereocenters. The Morgan fingerprint density at radius 2 is 2.05 bits per heavy atom. The number of nitrogens with zero attached hydrogens (tertiary/aromatic N) is 1. The number of benzene rings is 1. The van der Waals surface area contributed by atoms with E-state index in [1.54, 1.807) is 18.2 Å². The predicted molar refractivity (Wildman–Crippen MR) is 78.7 cm³/mol. The van der Waals surface area contributed by atoms with Gasteiger partial charge in [0.05, 0.1) is 17.6 Å². The van der Waals surface area contributed by atoms with E-state index >= 15 is 0 Å². The first-order valence-electron chi connectivity index (χ1n) is 6.74. The molecular formula is C16H20N2O3. The third-order valence-electron chi connectivity index (χ3n) is 2.97. The average Bonchev–Trinajstić information content (AvgIpc) is 2.41. The van der Waals surface area contributed by atoms with Crippen molar-refractivity contribution in [2.75, 3.05) is 6.54 Å². The Hall–Kier alpha value is -2.35. The van der Waals surface area contributed by atoms with Crippen molar-refractivity contribution in [3.63, 3.8) is 0 Å². The molecule has 0 heterocycles. The van der Waals surface area contributed by atoms with Crippen molar-refractivity contribution in [2.24, 2.45) is 11.3 Å². The van der Waals surface area contributed by atoms with Crippen molar-refractivity contribution in [3.05, 3.63) is 35.4 Å². The van der Waals surface area contributed by atoms with Crippen LogP contribution < -0.4 is 5.32 Å². The lowest BCUT2D eigenvalue weighted by molar-refractivity contribution is -0.142. The minimum absolute atomic E-state index is 0.0716. The Balaban J connectivity index is 2.69. The summed E-state index contributed by atoms with van der Waals surface area (Å²) in [4.78, 5) is 23.2. The Bertz CT molecular complexity index is 568. The monoisotopic (exact) mass is 288 g/mol. The number of carbonyl (C=O) groups is 2. The fourth-order valence-corrected chi connectivity index (χ4v) is 2.03. The van der Waals surface area contributed by atoms with Gasteiger partial charge >= 0.3 is 5.97 Å². The Labute approximate surface area is 124 Å². The van der Waals surface area contributed by atoms with E-state index in [-0.39, 0.29) is 17.9 Å². The predicted octanol–water partition coefficient (Wildman–Crippen LogP) is 2.43. The SMILES string of the molecule is CC(C)(C)CC(CNC(=O)c1cccc(C#N)c1)C(=O)O. The summed E-state index contributed by atoms with van der Waals surface area (Å²) in [7, 11) is 0. The van der Waals surface area contributed by atoms with Gasteiger partial charge in [0.2, 0.25) is 0 Å². The highest BCUT2D eigenvalue weighted by Crippen LogP contribution is 2.24. The lowest BCUT2D eigenvalue weighted by Gasteiger charge is -2.23. The molecule has 0 aliphatic heterocycles. The summed E-state index contributed by atoms with van der Waals surface area (Å²) >= 11 is 0. The van der Waals surface area contributed by atoms with E-state index in [1.807, 2.05) is 26.8 Å². The van der Waals surface area contributed by atoms with Crippen molar-refractivity contribution >= 4 is 11.9 Å². The van der Waals surface area contributed by atoms with Crippen LogP contribution in [0.25, 0.3) is 0 Å². The van der Waals surface area contributed by atoms with Crippen LogP contribution in [0, 0.1) is 22.7 Å². The highest BCUT2D eigenvalue weighted by atomic mass is 16.4. The van der Waals surface area contributed by atoms with E-state index in [9.17, 15) is 14.7 Å². The van der Waals surface area contributed by atoms with Gasteiger partial charge in [0.25, 0.3) is 5.91 Å². The van der Waals surface area contributed by atoms with Crippen LogP contribution in [0.4, 0.5) is 0 Å². The zero-order valence-corrected chi connectivity index (χ0v) is 12.5. The number of rotatable bonds is 5. The number of aliphatic carboxylic acids is 1. The summed E-state index contributed by atoms with van der Waals surface area (Å²) in [5.41, 5.74) is 0.621. The second kappa shape index (κ2) is 6.89. The fourth-order valence-electron chi connectivity index (χ4n) is 2.03. The van der Waals surface area contributed by atoms with Crippen molar-refractivity contribution in [1.82, 2.24) is 5.32 Å². The lowest BCUT2D eigenvalue weighted by Crippen LogP contribution is -2.35. The molecule has 112 valence electrons. The van der Waals surface area contributed by atoms with Crippen LogP contribution in [0.5, 0.6) is 0 Å². The summed E-state index contributed by atoms with van der Waals surface area (Å²) in [5, 5.41) is 20.6. The number of carboxylic acid groups (broad SMARTS) is 1. The van der Waals surface area contributed by atoms with Gasteiger partial charge < -0.3 is 10.4 Å². The van der Waals surface area contributed by atoms with Crippen LogP contribution in [0.15, 0.2) is 24.3 Å². The summed E-state index contributed by atoms with van der Waals surface area (Å²) in [6.07, 6.45) is 0.473. The third-order valence-corrected chi connectivity index (χ3v) is 2.97. The molecule has 1 aromatic rings. The molecule has 0 saturated carbocycles. The molecule has 0 spiro atoms. The van der Waals surface area contributed by atoms with Gasteiger partial charge in [-0.15, -0.1) is 0 Å². The van der Waals surface area contributed by atoms with Crippen LogP contribution in [-0.2, 0) is 4.79 Å². The second-order valence-corrected chi connectivity index (χ2v) is 6.20. The lowest BCUT2D eigenvalue weighted by atomic mass is 9.84. The van der Waals surface area contributed by atoms with Crippen molar-refractivity contribution in [1.29, 1.82) is 5.26 Å². The molecule has 0 bridgehead atoms. The standard InChI is InChI=1S/C16H20N2O3/c1-16(2,3)8-13(15(20)21)10-18-14(19)12-6-4-5-11(7-12)9-17/h4-7,13H,8,10H2,1-3H3,(H,18,19)(H,20,21). The first-order chi connectivity index (χ1) is 9.73. The molecule has 0 aliphatic rings. The summed E-state index contributed by atoms with van der Waals surface area (Å²) in [5.74, 6) is -1.92. The third kappa shape index (κ3) is 5.65. The van der Waals surface area contributed by atoms with Gasteiger partial charge in [-0.2, -0.15) is 5.26 Å². The van der Waals surface area contributed by atoms with Gasteiger partial charge in [0, 0.05) is 12.1 Å². The second-order valence-electron chi connectivity index (χ2n) is 6.20. The average molecular weight is 288 g/mol. The normalized spacial score (nSPS) is 12.3. The van der Waals surface area contributed by atoms with Gasteiger partial charge in [-0.05, 0) is 30.0 Å². The molecule has 1 amide bonds. The molecule has 1 atom stereocenters. The van der Waals surface area contributed by atoms with E-state index in [4.69, 9.17) is 5.26 Å². The number of hydrogen-bond donors (Lipinski definition) is 2. The number of nitrogens with one attached hydrogen (secondary N) is 1. The van der Waals surface area contributed by atoms with Crippen molar-refractivity contribution < 1.29 is 14.7 Å². The zero-order chi connectivity index (χ0) is 16.0. The van der Waals surface area contributed by atoms with Gasteiger partial charge in [-0.25, -0.2) is 0 Å². The highest BCUT2D eigenvalue weighted by molar-refractivity contribution is 5.94. The van der Waals surface area contributed by atoms with E-state index in [1.165, 1.54) is 6.07 Å². The van der Waals surface area contributed by atoms with Gasteiger partial charge in [-0.1, -0.05) is 26.8 Å². The van der Waals surface area contributed by atoms with Crippen LogP contribution in [0.2, 0.25) is 0 Å². The molecule has 0 fully saturated rings. The Morgan fingerprint density at radius 1 is 1.38 bits per heavy atom. The maximum atomic E-state index is 12.0. The van der Waals surface area contributed by atoms with E-state index in [0.29, 0.717) is 17.5 Å². The van der Waals surface area contributed by atoms with Crippen LogP contribution in [0.1, 0.15) is 43.1 Å². The van der Waals surface area contributed by atoms with Crippen LogP contribution in [0.3, 0.4) is 0 Å². The maximum Gasteiger partial charge on any atom is 0.308 e. The van der Waals surface area contributed by atoms with Gasteiger partial charge in [0.1, 0.15) is 0 Å². The number of carboxylic acids is 1. The van der Waals surface area contributed by atoms with E-state index < -0.39 is 11.9 Å². The zero-order valence-electron chi connectivity index (χ0n) is 12.5. The molecule has 1 aromatic carbocycles. The van der Waals surface area contributed by atoms with Crippen molar-refractivity contribution in [2.45, 2.75) is 27.2 Å². The summed E-state index contributed by atoms with van der Waals surface area (Å²) < 4.78 is 0. The van der Waals surface area contributed by atoms with Crippen LogP contribution >= 0.6 is 0 Å². The van der Waals surface area contributed by atoms with Gasteiger partial charge in [0.15, 0.2) is 0 Å². The molecule has 0 saturated heterocycles. The minimum Gasteiger partial charge on any atom is -0.481 e. The molecule has 2 N–H and O–H groups in total. The van der Waals surface area contributed by atoms with Crippen molar-refractivity contribution in [3.8, 4) is 6.07 Å². The molecular weight excluding hydrogens is 268 g/mol.